The molecule has 0 aromatic heterocycles. The SMILES string of the molecule is NC(=O)[C@@H](C(=O)Nc1ccc(N2CCOCC2=O)cc1C(F)F)N(CC1CCC1)CC1CC1. The van der Waals surface area contributed by atoms with Crippen molar-refractivity contribution in [3.63, 3.8) is 0 Å². The van der Waals surface area contributed by atoms with Crippen LogP contribution in [0.25, 0.3) is 0 Å². The van der Waals surface area contributed by atoms with Gasteiger partial charge in [-0.25, -0.2) is 8.78 Å². The van der Waals surface area contributed by atoms with Crippen LogP contribution >= 0.6 is 0 Å². The molecule has 3 aliphatic rings. The number of primary amides is 1. The maximum absolute atomic E-state index is 13.9. The fraction of sp³-hybridized carbons (Fsp3) is 0.609. The molecule has 0 radical (unpaired) electrons. The van der Waals surface area contributed by atoms with Gasteiger partial charge in [-0.15, -0.1) is 0 Å². The van der Waals surface area contributed by atoms with Crippen molar-refractivity contribution in [2.45, 2.75) is 44.6 Å². The maximum Gasteiger partial charge on any atom is 0.265 e. The molecule has 2 saturated carbocycles. The second-order valence-corrected chi connectivity index (χ2v) is 9.16. The van der Waals surface area contributed by atoms with Crippen molar-refractivity contribution >= 4 is 29.1 Å². The first-order valence-corrected chi connectivity index (χ1v) is 11.5. The number of anilines is 2. The van der Waals surface area contributed by atoms with E-state index in [9.17, 15) is 23.2 Å². The zero-order valence-electron chi connectivity index (χ0n) is 18.5. The Labute approximate surface area is 191 Å². The summed E-state index contributed by atoms with van der Waals surface area (Å²) in [6.45, 7) is 1.65. The minimum absolute atomic E-state index is 0.0966. The molecule has 0 bridgehead atoms. The fourth-order valence-corrected chi connectivity index (χ4v) is 4.40. The molecule has 33 heavy (non-hydrogen) atoms. The number of nitrogens with two attached hydrogens (primary N) is 1. The van der Waals surface area contributed by atoms with E-state index in [1.165, 1.54) is 23.1 Å². The summed E-state index contributed by atoms with van der Waals surface area (Å²) < 4.78 is 32.8. The fourth-order valence-electron chi connectivity index (χ4n) is 4.40. The van der Waals surface area contributed by atoms with Crippen LogP contribution in [-0.4, -0.2) is 61.5 Å². The van der Waals surface area contributed by atoms with Crippen LogP contribution in [0, 0.1) is 11.8 Å². The number of nitrogens with zero attached hydrogens (tertiary/aromatic N) is 2. The van der Waals surface area contributed by atoms with Crippen LogP contribution in [0.15, 0.2) is 18.2 Å². The topological polar surface area (TPSA) is 105 Å². The molecule has 0 spiro atoms. The van der Waals surface area contributed by atoms with Gasteiger partial charge in [0.1, 0.15) is 6.61 Å². The van der Waals surface area contributed by atoms with E-state index in [4.69, 9.17) is 10.5 Å². The van der Waals surface area contributed by atoms with Crippen molar-refractivity contribution in [3.05, 3.63) is 23.8 Å². The molecule has 180 valence electrons. The standard InChI is InChI=1S/C23H30F2N4O4/c24-21(25)17-10-16(29-8-9-33-13-19(29)30)6-7-18(17)27-23(32)20(22(26)31)28(12-15-4-5-15)11-14-2-1-3-14/h6-7,10,14-15,20-21H,1-5,8-9,11-13H2,(H2,26,31)(H,27,32)/t20-/m0/s1. The van der Waals surface area contributed by atoms with Gasteiger partial charge >= 0.3 is 0 Å². The van der Waals surface area contributed by atoms with Crippen LogP contribution in [0.4, 0.5) is 20.2 Å². The predicted octanol–water partition coefficient (Wildman–Crippen LogP) is 2.29. The Morgan fingerprint density at radius 3 is 2.42 bits per heavy atom. The van der Waals surface area contributed by atoms with Gasteiger partial charge in [0.05, 0.1) is 6.61 Å². The molecule has 8 nitrogen and oxygen atoms in total. The van der Waals surface area contributed by atoms with Gasteiger partial charge in [-0.2, -0.15) is 0 Å². The van der Waals surface area contributed by atoms with Gasteiger partial charge in [0.2, 0.25) is 5.91 Å². The minimum atomic E-state index is -2.89. The number of halogens is 2. The number of alkyl halides is 2. The number of carbonyl (C=O) groups is 3. The van der Waals surface area contributed by atoms with Crippen LogP contribution in [0.2, 0.25) is 0 Å². The summed E-state index contributed by atoms with van der Waals surface area (Å²) >= 11 is 0. The second kappa shape index (κ2) is 10.1. The van der Waals surface area contributed by atoms with Crippen LogP contribution in [-0.2, 0) is 19.1 Å². The molecule has 2 aliphatic carbocycles. The number of carbonyl (C=O) groups excluding carboxylic acids is 3. The van der Waals surface area contributed by atoms with E-state index in [-0.39, 0.29) is 24.7 Å². The first kappa shape index (κ1) is 23.6. The van der Waals surface area contributed by atoms with Crippen LogP contribution in [0.3, 0.4) is 0 Å². The zero-order chi connectivity index (χ0) is 23.5. The molecule has 1 atom stereocenters. The van der Waals surface area contributed by atoms with Crippen LogP contribution in [0.1, 0.15) is 44.1 Å². The first-order chi connectivity index (χ1) is 15.8. The Hall–Kier alpha value is -2.59. The van der Waals surface area contributed by atoms with Gasteiger partial charge in [-0.3, -0.25) is 19.3 Å². The van der Waals surface area contributed by atoms with Crippen molar-refractivity contribution in [1.29, 1.82) is 0 Å². The molecule has 1 aliphatic heterocycles. The van der Waals surface area contributed by atoms with E-state index in [2.05, 4.69) is 5.32 Å². The molecule has 3 fully saturated rings. The van der Waals surface area contributed by atoms with Gasteiger partial charge < -0.3 is 20.7 Å². The van der Waals surface area contributed by atoms with E-state index >= 15 is 0 Å². The number of benzene rings is 1. The summed E-state index contributed by atoms with van der Waals surface area (Å²) in [7, 11) is 0. The quantitative estimate of drug-likeness (QED) is 0.517. The zero-order valence-corrected chi connectivity index (χ0v) is 18.5. The average Bonchev–Trinajstić information content (AvgIpc) is 3.55. The normalized spacial score (nSPS) is 20.1. The van der Waals surface area contributed by atoms with E-state index in [1.54, 1.807) is 0 Å². The smallest absolute Gasteiger partial charge is 0.265 e. The third-order valence-electron chi connectivity index (χ3n) is 6.62. The number of ether oxygens (including phenoxy) is 1. The van der Waals surface area contributed by atoms with Gasteiger partial charge in [0.15, 0.2) is 6.04 Å². The maximum atomic E-state index is 13.9. The molecule has 1 aromatic carbocycles. The summed E-state index contributed by atoms with van der Waals surface area (Å²) in [4.78, 5) is 40.7. The van der Waals surface area contributed by atoms with E-state index in [0.29, 0.717) is 37.2 Å². The molecule has 1 aromatic rings. The number of hydrogen-bond acceptors (Lipinski definition) is 5. The highest BCUT2D eigenvalue weighted by Gasteiger charge is 2.37. The Balaban J connectivity index is 1.54. The minimum Gasteiger partial charge on any atom is -0.370 e. The molecule has 10 heteroatoms. The van der Waals surface area contributed by atoms with Crippen molar-refractivity contribution in [3.8, 4) is 0 Å². The lowest BCUT2D eigenvalue weighted by Gasteiger charge is -2.35. The summed E-state index contributed by atoms with van der Waals surface area (Å²) in [5.41, 5.74) is 5.40. The van der Waals surface area contributed by atoms with Crippen molar-refractivity contribution in [1.82, 2.24) is 4.90 Å². The Kier molecular flexibility index (Phi) is 7.23. The molecule has 0 unspecified atom stereocenters. The van der Waals surface area contributed by atoms with Crippen molar-refractivity contribution < 1.29 is 27.9 Å². The largest absolute Gasteiger partial charge is 0.370 e. The monoisotopic (exact) mass is 464 g/mol. The molecular weight excluding hydrogens is 434 g/mol. The number of morpholine rings is 1. The lowest BCUT2D eigenvalue weighted by molar-refractivity contribution is -0.133. The number of nitrogens with one attached hydrogen (secondary N) is 1. The molecular formula is C23H30F2N4O4. The van der Waals surface area contributed by atoms with Crippen LogP contribution < -0.4 is 16.0 Å². The highest BCUT2D eigenvalue weighted by atomic mass is 19.3. The van der Waals surface area contributed by atoms with E-state index < -0.39 is 29.8 Å². The average molecular weight is 465 g/mol. The molecule has 3 amide bonds. The summed E-state index contributed by atoms with van der Waals surface area (Å²) in [5, 5.41) is 2.51. The number of amides is 3. The van der Waals surface area contributed by atoms with E-state index in [1.807, 2.05) is 4.90 Å². The summed E-state index contributed by atoms with van der Waals surface area (Å²) in [6.07, 6.45) is 2.43. The van der Waals surface area contributed by atoms with Crippen molar-refractivity contribution in [2.24, 2.45) is 17.6 Å². The van der Waals surface area contributed by atoms with Gasteiger partial charge in [-0.1, -0.05) is 6.42 Å². The highest BCUT2D eigenvalue weighted by molar-refractivity contribution is 6.10. The third-order valence-corrected chi connectivity index (χ3v) is 6.62. The summed E-state index contributed by atoms with van der Waals surface area (Å²) in [6, 6.07) is 2.81. The van der Waals surface area contributed by atoms with Gasteiger partial charge in [0, 0.05) is 36.6 Å². The highest BCUT2D eigenvalue weighted by Crippen LogP contribution is 2.34. The number of hydrogen-bond donors (Lipinski definition) is 2. The Bertz CT molecular complexity index is 904. The van der Waals surface area contributed by atoms with Crippen molar-refractivity contribution in [2.75, 3.05) is 43.1 Å². The van der Waals surface area contributed by atoms with Gasteiger partial charge in [0.25, 0.3) is 18.2 Å². The van der Waals surface area contributed by atoms with Crippen LogP contribution in [0.5, 0.6) is 0 Å². The molecule has 1 saturated heterocycles. The molecule has 3 N–H and O–H groups in total. The lowest BCUT2D eigenvalue weighted by Crippen LogP contribution is -2.54. The third kappa shape index (κ3) is 5.67. The Morgan fingerprint density at radius 2 is 1.88 bits per heavy atom. The molecule has 1 heterocycles. The molecule has 4 rings (SSSR count). The second-order valence-electron chi connectivity index (χ2n) is 9.16. The lowest BCUT2D eigenvalue weighted by atomic mass is 9.84. The first-order valence-electron chi connectivity index (χ1n) is 11.5. The Morgan fingerprint density at radius 1 is 1.18 bits per heavy atom. The van der Waals surface area contributed by atoms with Gasteiger partial charge in [-0.05, 0) is 55.7 Å². The van der Waals surface area contributed by atoms with E-state index in [0.717, 1.165) is 32.1 Å². The predicted molar refractivity (Wildman–Crippen MR) is 118 cm³/mol. The summed E-state index contributed by atoms with van der Waals surface area (Å²) in [5.74, 6) is -0.970. The number of rotatable bonds is 10.